The molecule has 0 aromatic heterocycles. The fourth-order valence-electron chi connectivity index (χ4n) is 1.17. The van der Waals surface area contributed by atoms with Gasteiger partial charge in [0.1, 0.15) is 5.78 Å². The Kier molecular flexibility index (Phi) is 3.02. The van der Waals surface area contributed by atoms with Crippen molar-refractivity contribution in [2.24, 2.45) is 5.92 Å². The summed E-state index contributed by atoms with van der Waals surface area (Å²) >= 11 is 0. The standard InChI is InChI=1S/C8H15NO2/c1-6(7(2)10)8-5-9-3-4-11-8/h6,8-9H,3-5H2,1-2H3. The number of carbonyl (C=O) groups excluding carboxylic acids is 1. The Hall–Kier alpha value is -0.410. The van der Waals surface area contributed by atoms with Crippen molar-refractivity contribution in [2.45, 2.75) is 20.0 Å². The predicted octanol–water partition coefficient (Wildman–Crippen LogP) is 0.200. The lowest BCUT2D eigenvalue weighted by atomic mass is 10.00. The molecule has 1 aliphatic rings. The molecule has 0 radical (unpaired) electrons. The van der Waals surface area contributed by atoms with E-state index >= 15 is 0 Å². The molecule has 1 aliphatic heterocycles. The van der Waals surface area contributed by atoms with E-state index < -0.39 is 0 Å². The lowest BCUT2D eigenvalue weighted by molar-refractivity contribution is -0.126. The Bertz CT molecular complexity index is 141. The zero-order valence-corrected chi connectivity index (χ0v) is 7.09. The summed E-state index contributed by atoms with van der Waals surface area (Å²) in [5.74, 6) is 0.238. The van der Waals surface area contributed by atoms with Crippen molar-refractivity contribution < 1.29 is 9.53 Å². The maximum absolute atomic E-state index is 10.9. The first-order valence-electron chi connectivity index (χ1n) is 4.04. The van der Waals surface area contributed by atoms with Gasteiger partial charge in [-0.05, 0) is 6.92 Å². The number of rotatable bonds is 2. The van der Waals surface area contributed by atoms with Gasteiger partial charge < -0.3 is 10.1 Å². The third-order valence-corrected chi connectivity index (χ3v) is 2.16. The topological polar surface area (TPSA) is 38.3 Å². The number of ketones is 1. The van der Waals surface area contributed by atoms with Gasteiger partial charge in [-0.2, -0.15) is 0 Å². The second-order valence-electron chi connectivity index (χ2n) is 3.01. The summed E-state index contributed by atoms with van der Waals surface area (Å²) in [5.41, 5.74) is 0. The van der Waals surface area contributed by atoms with Gasteiger partial charge in [0.15, 0.2) is 0 Å². The van der Waals surface area contributed by atoms with E-state index in [9.17, 15) is 4.79 Å². The first kappa shape index (κ1) is 8.68. The van der Waals surface area contributed by atoms with E-state index in [2.05, 4.69) is 5.32 Å². The second-order valence-corrected chi connectivity index (χ2v) is 3.01. The molecule has 0 aromatic rings. The van der Waals surface area contributed by atoms with E-state index in [0.29, 0.717) is 0 Å². The van der Waals surface area contributed by atoms with Gasteiger partial charge in [-0.1, -0.05) is 6.92 Å². The molecule has 1 fully saturated rings. The first-order valence-corrected chi connectivity index (χ1v) is 4.04. The second kappa shape index (κ2) is 3.83. The molecule has 1 saturated heterocycles. The van der Waals surface area contributed by atoms with Gasteiger partial charge in [-0.3, -0.25) is 4.79 Å². The maximum Gasteiger partial charge on any atom is 0.135 e. The van der Waals surface area contributed by atoms with Crippen LogP contribution >= 0.6 is 0 Å². The van der Waals surface area contributed by atoms with Crippen molar-refractivity contribution in [3.63, 3.8) is 0 Å². The molecule has 1 N–H and O–H groups in total. The van der Waals surface area contributed by atoms with Crippen LogP contribution in [0.3, 0.4) is 0 Å². The molecule has 0 aliphatic carbocycles. The van der Waals surface area contributed by atoms with Crippen LogP contribution in [0, 0.1) is 5.92 Å². The zero-order chi connectivity index (χ0) is 8.27. The molecular weight excluding hydrogens is 142 g/mol. The molecular formula is C8H15NO2. The Morgan fingerprint density at radius 3 is 2.91 bits per heavy atom. The van der Waals surface area contributed by atoms with Gasteiger partial charge in [0.25, 0.3) is 0 Å². The molecule has 0 amide bonds. The highest BCUT2D eigenvalue weighted by molar-refractivity contribution is 5.78. The minimum atomic E-state index is 0.0304. The van der Waals surface area contributed by atoms with Gasteiger partial charge in [0.2, 0.25) is 0 Å². The average molecular weight is 157 g/mol. The maximum atomic E-state index is 10.9. The molecule has 3 nitrogen and oxygen atoms in total. The van der Waals surface area contributed by atoms with Crippen molar-refractivity contribution in [3.05, 3.63) is 0 Å². The molecule has 0 saturated carbocycles. The Labute approximate surface area is 67.1 Å². The van der Waals surface area contributed by atoms with Crippen LogP contribution in [-0.4, -0.2) is 31.6 Å². The largest absolute Gasteiger partial charge is 0.375 e. The molecule has 0 aromatic carbocycles. The van der Waals surface area contributed by atoms with Crippen molar-refractivity contribution >= 4 is 5.78 Å². The van der Waals surface area contributed by atoms with E-state index in [-0.39, 0.29) is 17.8 Å². The van der Waals surface area contributed by atoms with Crippen LogP contribution < -0.4 is 5.32 Å². The van der Waals surface area contributed by atoms with E-state index in [1.165, 1.54) is 0 Å². The number of nitrogens with one attached hydrogen (secondary N) is 1. The lowest BCUT2D eigenvalue weighted by Crippen LogP contribution is -2.43. The number of hydrogen-bond acceptors (Lipinski definition) is 3. The van der Waals surface area contributed by atoms with Crippen LogP contribution in [-0.2, 0) is 9.53 Å². The highest BCUT2D eigenvalue weighted by Crippen LogP contribution is 2.09. The first-order chi connectivity index (χ1) is 5.22. The molecule has 3 heteroatoms. The summed E-state index contributed by atoms with van der Waals surface area (Å²) in [4.78, 5) is 10.9. The number of hydrogen-bond donors (Lipinski definition) is 1. The summed E-state index contributed by atoms with van der Waals surface area (Å²) in [5, 5.41) is 3.19. The number of carbonyl (C=O) groups is 1. The van der Waals surface area contributed by atoms with Gasteiger partial charge in [-0.25, -0.2) is 0 Å². The summed E-state index contributed by atoms with van der Waals surface area (Å²) in [6.07, 6.45) is 0.0845. The predicted molar refractivity (Wildman–Crippen MR) is 42.5 cm³/mol. The number of morpholine rings is 1. The van der Waals surface area contributed by atoms with Gasteiger partial charge in [0.05, 0.1) is 12.7 Å². The van der Waals surface area contributed by atoms with Crippen LogP contribution in [0.5, 0.6) is 0 Å². The lowest BCUT2D eigenvalue weighted by Gasteiger charge is -2.27. The van der Waals surface area contributed by atoms with Crippen molar-refractivity contribution in [3.8, 4) is 0 Å². The molecule has 1 heterocycles. The number of Topliss-reactive ketones (excluding diaryl/α,β-unsaturated/α-hetero) is 1. The highest BCUT2D eigenvalue weighted by atomic mass is 16.5. The third-order valence-electron chi connectivity index (χ3n) is 2.16. The van der Waals surface area contributed by atoms with E-state index in [4.69, 9.17) is 4.74 Å². The molecule has 2 atom stereocenters. The molecule has 2 unspecified atom stereocenters. The molecule has 64 valence electrons. The highest BCUT2D eigenvalue weighted by Gasteiger charge is 2.23. The van der Waals surface area contributed by atoms with Gasteiger partial charge in [-0.15, -0.1) is 0 Å². The van der Waals surface area contributed by atoms with Crippen LogP contribution in [0.25, 0.3) is 0 Å². The monoisotopic (exact) mass is 157 g/mol. The van der Waals surface area contributed by atoms with Crippen LogP contribution in [0.2, 0.25) is 0 Å². The quantitative estimate of drug-likeness (QED) is 0.622. The Morgan fingerprint density at radius 2 is 2.45 bits per heavy atom. The van der Waals surface area contributed by atoms with Gasteiger partial charge in [0, 0.05) is 19.0 Å². The SMILES string of the molecule is CC(=O)C(C)C1CNCCO1. The molecule has 0 spiro atoms. The Balaban J connectivity index is 2.38. The van der Waals surface area contributed by atoms with Crippen LogP contribution in [0.15, 0.2) is 0 Å². The molecule has 11 heavy (non-hydrogen) atoms. The van der Waals surface area contributed by atoms with E-state index in [1.807, 2.05) is 6.92 Å². The summed E-state index contributed by atoms with van der Waals surface area (Å²) in [6.45, 7) is 5.97. The third kappa shape index (κ3) is 2.27. The molecule has 1 rings (SSSR count). The molecule has 0 bridgehead atoms. The minimum absolute atomic E-state index is 0.0304. The van der Waals surface area contributed by atoms with Gasteiger partial charge >= 0.3 is 0 Å². The average Bonchev–Trinajstić information content (AvgIpc) is 2.05. The minimum Gasteiger partial charge on any atom is -0.375 e. The van der Waals surface area contributed by atoms with E-state index in [0.717, 1.165) is 19.7 Å². The summed E-state index contributed by atoms with van der Waals surface area (Å²) in [7, 11) is 0. The summed E-state index contributed by atoms with van der Waals surface area (Å²) in [6, 6.07) is 0. The summed E-state index contributed by atoms with van der Waals surface area (Å²) < 4.78 is 5.42. The van der Waals surface area contributed by atoms with Crippen molar-refractivity contribution in [2.75, 3.05) is 19.7 Å². The van der Waals surface area contributed by atoms with Crippen LogP contribution in [0.1, 0.15) is 13.8 Å². The van der Waals surface area contributed by atoms with E-state index in [1.54, 1.807) is 6.92 Å². The fraction of sp³-hybridized carbons (Fsp3) is 0.875. The Morgan fingerprint density at radius 1 is 1.73 bits per heavy atom. The normalized spacial score (nSPS) is 28.0. The van der Waals surface area contributed by atoms with Crippen molar-refractivity contribution in [1.82, 2.24) is 5.32 Å². The van der Waals surface area contributed by atoms with Crippen LogP contribution in [0.4, 0.5) is 0 Å². The van der Waals surface area contributed by atoms with Crippen molar-refractivity contribution in [1.29, 1.82) is 0 Å². The smallest absolute Gasteiger partial charge is 0.135 e. The fourth-order valence-corrected chi connectivity index (χ4v) is 1.17. The zero-order valence-electron chi connectivity index (χ0n) is 7.09. The number of ether oxygens (including phenoxy) is 1.